The Morgan fingerprint density at radius 1 is 1.24 bits per heavy atom. The number of anilines is 1. The number of thiophene rings is 1. The quantitative estimate of drug-likeness (QED) is 0.336. The monoisotopic (exact) mass is 551 g/mol. The molecule has 0 spiro atoms. The predicted octanol–water partition coefficient (Wildman–Crippen LogP) is 5.38. The number of carbonyl (C=O) groups excluding carboxylic acids is 2. The Morgan fingerprint density at radius 2 is 1.94 bits per heavy atom. The number of fused-ring (bicyclic) bond motifs is 1. The Kier molecular flexibility index (Phi) is 6.45. The highest BCUT2D eigenvalue weighted by Gasteiger charge is 2.35. The molecule has 2 amide bonds. The molecule has 4 aromatic rings. The Labute approximate surface area is 203 Å². The summed E-state index contributed by atoms with van der Waals surface area (Å²) in [6.07, 6.45) is -2.96. The van der Waals surface area contributed by atoms with Gasteiger partial charge in [-0.25, -0.2) is 4.98 Å². The highest BCUT2D eigenvalue weighted by molar-refractivity contribution is 9.10. The number of rotatable bonds is 6. The Balaban J connectivity index is 1.79. The number of amides is 2. The van der Waals surface area contributed by atoms with Crippen LogP contribution < -0.4 is 11.1 Å². The number of aromatic nitrogens is 3. The molecule has 0 atom stereocenters. The normalized spacial score (nSPS) is 11.7. The van der Waals surface area contributed by atoms with Crippen molar-refractivity contribution in [2.24, 2.45) is 5.73 Å². The smallest absolute Gasteiger partial charge is 0.365 e. The lowest BCUT2D eigenvalue weighted by atomic mass is 10.0. The van der Waals surface area contributed by atoms with Crippen molar-refractivity contribution in [3.05, 3.63) is 63.3 Å². The number of hydrogen-bond acceptors (Lipinski definition) is 5. The molecule has 3 aromatic heterocycles. The topological polar surface area (TPSA) is 103 Å². The van der Waals surface area contributed by atoms with Crippen molar-refractivity contribution < 1.29 is 22.8 Å². The molecule has 34 heavy (non-hydrogen) atoms. The lowest BCUT2D eigenvalue weighted by Gasteiger charge is -2.12. The molecule has 3 N–H and O–H groups in total. The molecule has 4 rings (SSSR count). The molecule has 0 fully saturated rings. The fourth-order valence-corrected chi connectivity index (χ4v) is 4.73. The van der Waals surface area contributed by atoms with E-state index >= 15 is 0 Å². The lowest BCUT2D eigenvalue weighted by molar-refractivity contribution is -0.140. The molecule has 0 unspecified atom stereocenters. The van der Waals surface area contributed by atoms with Crippen molar-refractivity contribution in [3.63, 3.8) is 0 Å². The van der Waals surface area contributed by atoms with Crippen LogP contribution in [0.1, 0.15) is 27.5 Å². The second-order valence-electron chi connectivity index (χ2n) is 7.39. The Hall–Kier alpha value is -3.25. The van der Waals surface area contributed by atoms with Crippen molar-refractivity contribution >= 4 is 55.0 Å². The fourth-order valence-electron chi connectivity index (χ4n) is 3.41. The maximum Gasteiger partial charge on any atom is 0.433 e. The molecule has 0 saturated heterocycles. The minimum atomic E-state index is -4.70. The molecule has 176 valence electrons. The summed E-state index contributed by atoms with van der Waals surface area (Å²) in [6.45, 7) is 2.07. The zero-order valence-electron chi connectivity index (χ0n) is 17.6. The summed E-state index contributed by atoms with van der Waals surface area (Å²) in [5.74, 6) is -1.33. The van der Waals surface area contributed by atoms with Gasteiger partial charge in [-0.1, -0.05) is 30.3 Å². The first kappa shape index (κ1) is 23.9. The van der Waals surface area contributed by atoms with E-state index < -0.39 is 23.7 Å². The SMILES string of the molecule is Cc1nn(CCC(=O)Nc2c(C(N)=O)sc3nc(C(F)(F)F)cc(-c4ccccc4)c23)cc1Br. The van der Waals surface area contributed by atoms with Gasteiger partial charge in [-0.15, -0.1) is 11.3 Å². The van der Waals surface area contributed by atoms with Gasteiger partial charge >= 0.3 is 6.18 Å². The van der Waals surface area contributed by atoms with Crippen LogP contribution >= 0.6 is 27.3 Å². The van der Waals surface area contributed by atoms with Crippen LogP contribution in [0.15, 0.2) is 47.1 Å². The van der Waals surface area contributed by atoms with Crippen LogP contribution in [-0.2, 0) is 17.5 Å². The van der Waals surface area contributed by atoms with Crippen LogP contribution in [0.5, 0.6) is 0 Å². The number of aryl methyl sites for hydroxylation is 2. The lowest BCUT2D eigenvalue weighted by Crippen LogP contribution is -2.18. The first-order valence-electron chi connectivity index (χ1n) is 9.94. The molecule has 3 heterocycles. The molecule has 0 aliphatic rings. The molecule has 7 nitrogen and oxygen atoms in total. The van der Waals surface area contributed by atoms with E-state index in [1.54, 1.807) is 41.2 Å². The predicted molar refractivity (Wildman–Crippen MR) is 126 cm³/mol. The summed E-state index contributed by atoms with van der Waals surface area (Å²) < 4.78 is 43.0. The molecule has 0 bridgehead atoms. The van der Waals surface area contributed by atoms with Crippen LogP contribution in [-0.4, -0.2) is 26.6 Å². The van der Waals surface area contributed by atoms with Crippen molar-refractivity contribution in [2.75, 3.05) is 5.32 Å². The number of nitrogens with one attached hydrogen (secondary N) is 1. The summed E-state index contributed by atoms with van der Waals surface area (Å²) >= 11 is 4.06. The van der Waals surface area contributed by atoms with Crippen LogP contribution in [0.2, 0.25) is 0 Å². The number of carbonyl (C=O) groups is 2. The van der Waals surface area contributed by atoms with Gasteiger partial charge in [0.15, 0.2) is 0 Å². The average Bonchev–Trinajstić information content (AvgIpc) is 3.31. The van der Waals surface area contributed by atoms with Crippen molar-refractivity contribution in [3.8, 4) is 11.1 Å². The number of halogens is 4. The standard InChI is InChI=1S/C22H17BrF3N5O2S/c1-11-14(23)10-31(30-11)8-7-16(32)29-18-17-13(12-5-3-2-4-6-12)9-15(22(24,25)26)28-21(17)34-19(18)20(27)33/h2-6,9-10H,7-8H2,1H3,(H2,27,33)(H,29,32). The minimum absolute atomic E-state index is 0.0117. The van der Waals surface area contributed by atoms with Gasteiger partial charge in [0.05, 0.1) is 15.9 Å². The van der Waals surface area contributed by atoms with Gasteiger partial charge in [-0.3, -0.25) is 14.3 Å². The van der Waals surface area contributed by atoms with E-state index in [4.69, 9.17) is 5.73 Å². The largest absolute Gasteiger partial charge is 0.433 e. The third-order valence-electron chi connectivity index (χ3n) is 4.98. The summed E-state index contributed by atoms with van der Waals surface area (Å²) in [4.78, 5) is 28.5. The number of hydrogen-bond donors (Lipinski definition) is 2. The zero-order chi connectivity index (χ0) is 24.6. The van der Waals surface area contributed by atoms with Gasteiger partial charge in [-0.2, -0.15) is 18.3 Å². The molecule has 0 aliphatic heterocycles. The average molecular weight is 552 g/mol. The van der Waals surface area contributed by atoms with E-state index in [1.807, 2.05) is 6.92 Å². The number of benzene rings is 1. The van der Waals surface area contributed by atoms with Gasteiger partial charge in [0.25, 0.3) is 5.91 Å². The molecular formula is C22H17BrF3N5O2S. The van der Waals surface area contributed by atoms with E-state index in [0.29, 0.717) is 16.9 Å². The number of alkyl halides is 3. The van der Waals surface area contributed by atoms with Gasteiger partial charge in [0.1, 0.15) is 15.4 Å². The summed E-state index contributed by atoms with van der Waals surface area (Å²) in [5.41, 5.74) is 5.87. The highest BCUT2D eigenvalue weighted by atomic mass is 79.9. The molecule has 12 heteroatoms. The number of nitrogens with zero attached hydrogens (tertiary/aromatic N) is 3. The molecule has 0 saturated carbocycles. The van der Waals surface area contributed by atoms with Crippen LogP contribution in [0.4, 0.5) is 18.9 Å². The Bertz CT molecular complexity index is 1380. The summed E-state index contributed by atoms with van der Waals surface area (Å²) in [6, 6.07) is 9.28. The summed E-state index contributed by atoms with van der Waals surface area (Å²) in [7, 11) is 0. The van der Waals surface area contributed by atoms with Crippen LogP contribution in [0.3, 0.4) is 0 Å². The first-order valence-corrected chi connectivity index (χ1v) is 11.5. The van der Waals surface area contributed by atoms with E-state index in [9.17, 15) is 22.8 Å². The maximum atomic E-state index is 13.5. The second kappa shape index (κ2) is 9.18. The summed E-state index contributed by atoms with van der Waals surface area (Å²) in [5, 5.41) is 7.16. The zero-order valence-corrected chi connectivity index (χ0v) is 20.0. The van der Waals surface area contributed by atoms with E-state index in [0.717, 1.165) is 16.2 Å². The van der Waals surface area contributed by atoms with Gasteiger partial charge in [0, 0.05) is 24.5 Å². The third-order valence-corrected chi connectivity index (χ3v) is 6.86. The minimum Gasteiger partial charge on any atom is -0.365 e. The molecule has 0 radical (unpaired) electrons. The number of primary amides is 1. The van der Waals surface area contributed by atoms with Crippen LogP contribution in [0.25, 0.3) is 21.3 Å². The number of nitrogens with two attached hydrogens (primary N) is 1. The van der Waals surface area contributed by atoms with Crippen molar-refractivity contribution in [1.29, 1.82) is 0 Å². The molecule has 0 aliphatic carbocycles. The number of pyridine rings is 1. The highest BCUT2D eigenvalue weighted by Crippen LogP contribution is 2.43. The van der Waals surface area contributed by atoms with E-state index in [1.165, 1.54) is 0 Å². The van der Waals surface area contributed by atoms with Crippen molar-refractivity contribution in [2.45, 2.75) is 26.1 Å². The van der Waals surface area contributed by atoms with Crippen LogP contribution in [0, 0.1) is 6.92 Å². The molecule has 1 aromatic carbocycles. The van der Waals surface area contributed by atoms with E-state index in [-0.39, 0.29) is 39.3 Å². The third kappa shape index (κ3) is 4.82. The van der Waals surface area contributed by atoms with Crippen molar-refractivity contribution in [1.82, 2.24) is 14.8 Å². The molecular weight excluding hydrogens is 535 g/mol. The fraction of sp³-hybridized carbons (Fsp3) is 0.182. The van der Waals surface area contributed by atoms with Gasteiger partial charge in [0.2, 0.25) is 5.91 Å². The maximum absolute atomic E-state index is 13.5. The Morgan fingerprint density at radius 3 is 2.53 bits per heavy atom. The second-order valence-corrected chi connectivity index (χ2v) is 9.25. The van der Waals surface area contributed by atoms with E-state index in [2.05, 4.69) is 31.3 Å². The first-order chi connectivity index (χ1) is 16.0. The van der Waals surface area contributed by atoms with Gasteiger partial charge in [-0.05, 0) is 40.0 Å². The van der Waals surface area contributed by atoms with Gasteiger partial charge < -0.3 is 11.1 Å².